The largest absolute Gasteiger partial charge is 0.463 e. The van der Waals surface area contributed by atoms with Crippen LogP contribution in [-0.4, -0.2) is 12.6 Å². The second-order valence-electron chi connectivity index (χ2n) is 5.34. The van der Waals surface area contributed by atoms with Crippen LogP contribution >= 0.6 is 0 Å². The first-order valence-electron chi connectivity index (χ1n) is 7.02. The lowest BCUT2D eigenvalue weighted by Crippen LogP contribution is -2.09. The van der Waals surface area contributed by atoms with Crippen LogP contribution in [0.1, 0.15) is 53.9 Å². The van der Waals surface area contributed by atoms with E-state index < -0.39 is 0 Å². The van der Waals surface area contributed by atoms with Gasteiger partial charge in [0.15, 0.2) is 0 Å². The molecule has 0 aliphatic rings. The van der Waals surface area contributed by atoms with Gasteiger partial charge in [-0.05, 0) is 52.9 Å². The first-order valence-corrected chi connectivity index (χ1v) is 7.02. The minimum Gasteiger partial charge on any atom is -0.463 e. The molecule has 0 radical (unpaired) electrons. The van der Waals surface area contributed by atoms with E-state index in [4.69, 9.17) is 4.74 Å². The van der Waals surface area contributed by atoms with Crippen molar-refractivity contribution in [2.75, 3.05) is 6.61 Å². The summed E-state index contributed by atoms with van der Waals surface area (Å²) in [6.07, 6.45) is 7.29. The maximum absolute atomic E-state index is 11.5. The van der Waals surface area contributed by atoms with Crippen LogP contribution in [0.5, 0.6) is 0 Å². The lowest BCUT2D eigenvalue weighted by molar-refractivity contribution is -0.138. The van der Waals surface area contributed by atoms with Crippen molar-refractivity contribution >= 4 is 5.97 Å². The van der Waals surface area contributed by atoms with Gasteiger partial charge < -0.3 is 4.74 Å². The Labute approximate surface area is 118 Å². The molecule has 0 aromatic heterocycles. The minimum atomic E-state index is -0.273. The van der Waals surface area contributed by atoms with Gasteiger partial charge in [0, 0.05) is 5.57 Å². The van der Waals surface area contributed by atoms with Crippen molar-refractivity contribution in [1.29, 1.82) is 0 Å². The highest BCUT2D eigenvalue weighted by Crippen LogP contribution is 2.16. The van der Waals surface area contributed by atoms with Crippen molar-refractivity contribution in [2.24, 2.45) is 5.92 Å². The predicted octanol–water partition coefficient (Wildman–Crippen LogP) is 4.82. The predicted molar refractivity (Wildman–Crippen MR) is 82.0 cm³/mol. The molecule has 1 unspecified atom stereocenters. The number of rotatable bonds is 8. The number of carbonyl (C=O) groups is 1. The Hall–Kier alpha value is -1.31. The third kappa shape index (κ3) is 9.29. The minimum absolute atomic E-state index is 0.273. The van der Waals surface area contributed by atoms with Gasteiger partial charge in [-0.25, -0.2) is 4.79 Å². The third-order valence-corrected chi connectivity index (χ3v) is 2.79. The van der Waals surface area contributed by atoms with E-state index in [0.29, 0.717) is 24.5 Å². The molecule has 108 valence electrons. The molecule has 2 heteroatoms. The summed E-state index contributed by atoms with van der Waals surface area (Å²) < 4.78 is 4.93. The Kier molecular flexibility index (Phi) is 8.94. The molecule has 0 aliphatic heterocycles. The van der Waals surface area contributed by atoms with Gasteiger partial charge in [0.2, 0.25) is 0 Å². The fourth-order valence-corrected chi connectivity index (χ4v) is 1.92. The Morgan fingerprint density at radius 2 is 1.95 bits per heavy atom. The zero-order valence-corrected chi connectivity index (χ0v) is 13.1. The molecule has 0 rings (SSSR count). The average molecular weight is 264 g/mol. The lowest BCUT2D eigenvalue weighted by Gasteiger charge is -2.10. The lowest BCUT2D eigenvalue weighted by atomic mass is 9.98. The zero-order chi connectivity index (χ0) is 14.8. The van der Waals surface area contributed by atoms with E-state index in [-0.39, 0.29) is 5.97 Å². The van der Waals surface area contributed by atoms with E-state index >= 15 is 0 Å². The maximum Gasteiger partial charge on any atom is 0.333 e. The Balaban J connectivity index is 4.20. The van der Waals surface area contributed by atoms with Crippen molar-refractivity contribution in [3.05, 3.63) is 35.5 Å². The van der Waals surface area contributed by atoms with E-state index in [1.165, 1.54) is 11.1 Å². The molecule has 0 saturated carbocycles. The highest BCUT2D eigenvalue weighted by atomic mass is 16.5. The fourth-order valence-electron chi connectivity index (χ4n) is 1.92. The van der Waals surface area contributed by atoms with Crippen LogP contribution in [0.15, 0.2) is 35.5 Å². The summed E-state index contributed by atoms with van der Waals surface area (Å²) in [5.41, 5.74) is 3.28. The summed E-state index contributed by atoms with van der Waals surface area (Å²) in [4.78, 5) is 11.5. The molecule has 0 heterocycles. The number of esters is 1. The number of carbonyl (C=O) groups excluding carboxylic acids is 1. The molecule has 1 atom stereocenters. The first kappa shape index (κ1) is 17.7. The van der Waals surface area contributed by atoms with Crippen LogP contribution < -0.4 is 0 Å². The quantitative estimate of drug-likeness (QED) is 0.357. The van der Waals surface area contributed by atoms with Gasteiger partial charge in [-0.3, -0.25) is 0 Å². The second-order valence-corrected chi connectivity index (χ2v) is 5.34. The van der Waals surface area contributed by atoms with Gasteiger partial charge in [-0.2, -0.15) is 0 Å². The molecular weight excluding hydrogens is 236 g/mol. The van der Waals surface area contributed by atoms with Crippen LogP contribution in [0.4, 0.5) is 0 Å². The smallest absolute Gasteiger partial charge is 0.333 e. The monoisotopic (exact) mass is 264 g/mol. The van der Waals surface area contributed by atoms with E-state index in [9.17, 15) is 4.79 Å². The highest BCUT2D eigenvalue weighted by molar-refractivity contribution is 5.87. The summed E-state index contributed by atoms with van der Waals surface area (Å²) in [5.74, 6) is 0.0496. The van der Waals surface area contributed by atoms with Crippen molar-refractivity contribution in [1.82, 2.24) is 0 Å². The molecule has 0 bridgehead atoms. The summed E-state index contributed by atoms with van der Waals surface area (Å²) in [6.45, 7) is 14.5. The van der Waals surface area contributed by atoms with Gasteiger partial charge in [0.1, 0.15) is 0 Å². The Morgan fingerprint density at radius 1 is 1.32 bits per heavy atom. The van der Waals surface area contributed by atoms with Gasteiger partial charge in [-0.1, -0.05) is 36.8 Å². The summed E-state index contributed by atoms with van der Waals surface area (Å²) >= 11 is 0. The number of hydrogen-bond acceptors (Lipinski definition) is 2. The molecule has 0 aromatic carbocycles. The molecule has 2 nitrogen and oxygen atoms in total. The Morgan fingerprint density at radius 3 is 2.47 bits per heavy atom. The van der Waals surface area contributed by atoms with Crippen LogP contribution in [0.3, 0.4) is 0 Å². The average Bonchev–Trinajstić information content (AvgIpc) is 2.28. The molecule has 19 heavy (non-hydrogen) atoms. The van der Waals surface area contributed by atoms with Crippen LogP contribution in [0.2, 0.25) is 0 Å². The van der Waals surface area contributed by atoms with Gasteiger partial charge in [0.25, 0.3) is 0 Å². The van der Waals surface area contributed by atoms with Gasteiger partial charge >= 0.3 is 5.97 Å². The highest BCUT2D eigenvalue weighted by Gasteiger charge is 2.10. The SMILES string of the molecule is C=C(CC(C)/C=C(\C)CCC=C(C)C)C(=O)OCC. The molecule has 0 aliphatic carbocycles. The normalized spacial score (nSPS) is 12.8. The molecule has 0 saturated heterocycles. The van der Waals surface area contributed by atoms with Crippen LogP contribution in [-0.2, 0) is 9.53 Å². The zero-order valence-electron chi connectivity index (χ0n) is 13.1. The molecule has 0 fully saturated rings. The first-order chi connectivity index (χ1) is 8.86. The van der Waals surface area contributed by atoms with E-state index in [0.717, 1.165) is 12.8 Å². The molecule has 0 aromatic rings. The maximum atomic E-state index is 11.5. The van der Waals surface area contributed by atoms with Crippen LogP contribution in [0.25, 0.3) is 0 Å². The standard InChI is InChI=1S/C17H28O2/c1-7-19-17(18)16(6)12-15(5)11-14(4)10-8-9-13(2)3/h9,11,15H,6-8,10,12H2,1-5H3/b14-11+. The second kappa shape index (κ2) is 9.60. The van der Waals surface area contributed by atoms with Crippen molar-refractivity contribution in [3.8, 4) is 0 Å². The van der Waals surface area contributed by atoms with E-state index in [2.05, 4.69) is 46.4 Å². The summed E-state index contributed by atoms with van der Waals surface area (Å²) in [6, 6.07) is 0. The van der Waals surface area contributed by atoms with Crippen molar-refractivity contribution in [2.45, 2.75) is 53.9 Å². The van der Waals surface area contributed by atoms with E-state index in [1.54, 1.807) is 0 Å². The summed E-state index contributed by atoms with van der Waals surface area (Å²) in [5, 5.41) is 0. The molecule has 0 N–H and O–H groups in total. The fraction of sp³-hybridized carbons (Fsp3) is 0.588. The van der Waals surface area contributed by atoms with E-state index in [1.807, 2.05) is 6.92 Å². The van der Waals surface area contributed by atoms with Crippen LogP contribution in [0, 0.1) is 5.92 Å². The van der Waals surface area contributed by atoms with Crippen molar-refractivity contribution < 1.29 is 9.53 Å². The number of hydrogen-bond donors (Lipinski definition) is 0. The topological polar surface area (TPSA) is 26.3 Å². The van der Waals surface area contributed by atoms with Gasteiger partial charge in [-0.15, -0.1) is 0 Å². The Bertz CT molecular complexity index is 357. The van der Waals surface area contributed by atoms with Gasteiger partial charge in [0.05, 0.1) is 6.61 Å². The summed E-state index contributed by atoms with van der Waals surface area (Å²) in [7, 11) is 0. The number of allylic oxidation sites excluding steroid dienone is 4. The number of ether oxygens (including phenoxy) is 1. The van der Waals surface area contributed by atoms with Crippen molar-refractivity contribution in [3.63, 3.8) is 0 Å². The molecule has 0 spiro atoms. The third-order valence-electron chi connectivity index (χ3n) is 2.79. The molecule has 0 amide bonds. The molecular formula is C17H28O2.